The van der Waals surface area contributed by atoms with Gasteiger partial charge in [0.05, 0.1) is 12.2 Å². The summed E-state index contributed by atoms with van der Waals surface area (Å²) in [6, 6.07) is 18.7. The lowest BCUT2D eigenvalue weighted by atomic mass is 10.1. The maximum absolute atomic E-state index is 9.92. The van der Waals surface area contributed by atoms with Crippen LogP contribution in [0.3, 0.4) is 0 Å². The van der Waals surface area contributed by atoms with E-state index in [4.69, 9.17) is 0 Å². The van der Waals surface area contributed by atoms with Crippen molar-refractivity contribution in [3.8, 4) is 0 Å². The molecule has 0 bridgehead atoms. The highest BCUT2D eigenvalue weighted by molar-refractivity contribution is 5.24. The van der Waals surface area contributed by atoms with E-state index in [2.05, 4.69) is 0 Å². The van der Waals surface area contributed by atoms with Crippen LogP contribution in [0.4, 0.5) is 0 Å². The lowest BCUT2D eigenvalue weighted by Gasteiger charge is -2.08. The largest absolute Gasteiger partial charge is 0.384 e. The molecule has 2 nitrogen and oxygen atoms in total. The van der Waals surface area contributed by atoms with Crippen molar-refractivity contribution < 1.29 is 10.2 Å². The van der Waals surface area contributed by atoms with Gasteiger partial charge in [0.25, 0.3) is 0 Å². The van der Waals surface area contributed by atoms with Gasteiger partial charge >= 0.3 is 0 Å². The molecular weight excluding hydrogens is 224 g/mol. The Morgan fingerprint density at radius 2 is 0.944 bits per heavy atom. The van der Waals surface area contributed by atoms with Crippen LogP contribution >= 0.6 is 0 Å². The molecule has 0 saturated heterocycles. The summed E-state index contributed by atoms with van der Waals surface area (Å²) in [7, 11) is 0. The van der Waals surface area contributed by atoms with E-state index in [1.807, 2.05) is 60.7 Å². The van der Waals surface area contributed by atoms with Crippen molar-refractivity contribution in [2.75, 3.05) is 0 Å². The molecule has 0 aliphatic carbocycles. The summed E-state index contributed by atoms with van der Waals surface area (Å²) >= 11 is 0. The van der Waals surface area contributed by atoms with Crippen LogP contribution in [0.25, 0.3) is 0 Å². The van der Waals surface area contributed by atoms with Crippen LogP contribution in [0.1, 0.15) is 23.3 Å². The average Bonchev–Trinajstić information content (AvgIpc) is 2.46. The lowest BCUT2D eigenvalue weighted by Crippen LogP contribution is -1.96. The molecule has 2 aromatic carbocycles. The summed E-state index contributed by atoms with van der Waals surface area (Å²) in [4.78, 5) is 0. The Morgan fingerprint density at radius 3 is 1.28 bits per heavy atom. The van der Waals surface area contributed by atoms with Gasteiger partial charge in [0, 0.05) is 0 Å². The van der Waals surface area contributed by atoms with Crippen molar-refractivity contribution in [1.82, 2.24) is 0 Å². The molecule has 0 unspecified atom stereocenters. The zero-order valence-corrected chi connectivity index (χ0v) is 9.98. The van der Waals surface area contributed by atoms with Crippen LogP contribution in [-0.4, -0.2) is 10.2 Å². The fourth-order valence-corrected chi connectivity index (χ4v) is 1.73. The first-order valence-electron chi connectivity index (χ1n) is 5.92. The molecule has 0 saturated carbocycles. The van der Waals surface area contributed by atoms with Gasteiger partial charge < -0.3 is 10.2 Å². The minimum Gasteiger partial charge on any atom is -0.384 e. The Labute approximate surface area is 107 Å². The van der Waals surface area contributed by atoms with E-state index in [0.717, 1.165) is 11.1 Å². The van der Waals surface area contributed by atoms with Gasteiger partial charge in [-0.3, -0.25) is 0 Å². The van der Waals surface area contributed by atoms with Crippen LogP contribution in [-0.2, 0) is 0 Å². The highest BCUT2D eigenvalue weighted by Crippen LogP contribution is 2.18. The third kappa shape index (κ3) is 3.29. The third-order valence-electron chi connectivity index (χ3n) is 2.76. The first kappa shape index (κ1) is 12.6. The first-order valence-corrected chi connectivity index (χ1v) is 5.92. The Bertz CT molecular complexity index is 444. The summed E-state index contributed by atoms with van der Waals surface area (Å²) in [5.41, 5.74) is 1.63. The average molecular weight is 240 g/mol. The SMILES string of the molecule is O[C@H](/C=C/[C@H](O)c1ccccc1)c1ccccc1. The maximum Gasteiger partial charge on any atom is 0.0972 e. The summed E-state index contributed by atoms with van der Waals surface area (Å²) in [5, 5.41) is 19.8. The Balaban J connectivity index is 2.03. The Morgan fingerprint density at radius 1 is 0.611 bits per heavy atom. The van der Waals surface area contributed by atoms with Gasteiger partial charge in [-0.2, -0.15) is 0 Å². The Kier molecular flexibility index (Phi) is 4.29. The number of hydrogen-bond donors (Lipinski definition) is 2. The van der Waals surface area contributed by atoms with Crippen molar-refractivity contribution in [3.63, 3.8) is 0 Å². The van der Waals surface area contributed by atoms with E-state index in [1.165, 1.54) is 0 Å². The molecule has 0 aliphatic heterocycles. The van der Waals surface area contributed by atoms with Gasteiger partial charge in [-0.1, -0.05) is 72.8 Å². The second kappa shape index (κ2) is 6.15. The normalized spacial score (nSPS) is 14.6. The van der Waals surface area contributed by atoms with Crippen molar-refractivity contribution >= 4 is 0 Å². The summed E-state index contributed by atoms with van der Waals surface area (Å²) < 4.78 is 0. The standard InChI is InChI=1S/C16H16O2/c17-15(13-7-3-1-4-8-13)11-12-16(18)14-9-5-2-6-10-14/h1-12,15-18H/b12-11+/t15-,16+. The summed E-state index contributed by atoms with van der Waals surface area (Å²) in [6.45, 7) is 0. The van der Waals surface area contributed by atoms with Gasteiger partial charge in [-0.15, -0.1) is 0 Å². The zero-order chi connectivity index (χ0) is 12.8. The van der Waals surface area contributed by atoms with Crippen molar-refractivity contribution in [3.05, 3.63) is 83.9 Å². The molecule has 0 radical (unpaired) electrons. The molecule has 92 valence electrons. The highest BCUT2D eigenvalue weighted by Gasteiger charge is 2.05. The highest BCUT2D eigenvalue weighted by atomic mass is 16.3. The molecular formula is C16H16O2. The lowest BCUT2D eigenvalue weighted by molar-refractivity contribution is 0.212. The molecule has 0 aromatic heterocycles. The summed E-state index contributed by atoms with van der Waals surface area (Å²) in [6.07, 6.45) is 1.83. The molecule has 0 aliphatic rings. The molecule has 0 spiro atoms. The summed E-state index contributed by atoms with van der Waals surface area (Å²) in [5.74, 6) is 0. The molecule has 0 heterocycles. The van der Waals surface area contributed by atoms with Crippen LogP contribution in [0.15, 0.2) is 72.8 Å². The minimum absolute atomic E-state index is 0.690. The minimum atomic E-state index is -0.690. The monoisotopic (exact) mass is 240 g/mol. The zero-order valence-electron chi connectivity index (χ0n) is 9.98. The van der Waals surface area contributed by atoms with E-state index < -0.39 is 12.2 Å². The molecule has 2 atom stereocenters. The van der Waals surface area contributed by atoms with Crippen LogP contribution < -0.4 is 0 Å². The Hall–Kier alpha value is -1.90. The second-order valence-electron chi connectivity index (χ2n) is 4.10. The van der Waals surface area contributed by atoms with Gasteiger partial charge in [0.2, 0.25) is 0 Å². The maximum atomic E-state index is 9.92. The first-order chi connectivity index (χ1) is 8.77. The molecule has 2 aromatic rings. The second-order valence-corrected chi connectivity index (χ2v) is 4.10. The fraction of sp³-hybridized carbons (Fsp3) is 0.125. The molecule has 2 N–H and O–H groups in total. The van der Waals surface area contributed by atoms with Gasteiger partial charge in [0.1, 0.15) is 0 Å². The van der Waals surface area contributed by atoms with E-state index >= 15 is 0 Å². The number of benzene rings is 2. The van der Waals surface area contributed by atoms with E-state index in [9.17, 15) is 10.2 Å². The van der Waals surface area contributed by atoms with Crippen LogP contribution in [0.2, 0.25) is 0 Å². The predicted octanol–water partition coefficient (Wildman–Crippen LogP) is 3.01. The fourth-order valence-electron chi connectivity index (χ4n) is 1.73. The topological polar surface area (TPSA) is 40.5 Å². The molecule has 18 heavy (non-hydrogen) atoms. The van der Waals surface area contributed by atoms with Gasteiger partial charge in [-0.25, -0.2) is 0 Å². The third-order valence-corrected chi connectivity index (χ3v) is 2.76. The van der Waals surface area contributed by atoms with E-state index in [0.29, 0.717) is 0 Å². The van der Waals surface area contributed by atoms with Crippen LogP contribution in [0.5, 0.6) is 0 Å². The smallest absolute Gasteiger partial charge is 0.0972 e. The molecule has 2 heteroatoms. The van der Waals surface area contributed by atoms with E-state index in [-0.39, 0.29) is 0 Å². The van der Waals surface area contributed by atoms with Gasteiger partial charge in [-0.05, 0) is 11.1 Å². The number of rotatable bonds is 4. The quantitative estimate of drug-likeness (QED) is 0.806. The molecule has 0 fully saturated rings. The van der Waals surface area contributed by atoms with Gasteiger partial charge in [0.15, 0.2) is 0 Å². The number of aliphatic hydroxyl groups is 2. The van der Waals surface area contributed by atoms with Crippen molar-refractivity contribution in [2.24, 2.45) is 0 Å². The van der Waals surface area contributed by atoms with Crippen molar-refractivity contribution in [2.45, 2.75) is 12.2 Å². The van der Waals surface area contributed by atoms with Crippen molar-refractivity contribution in [1.29, 1.82) is 0 Å². The molecule has 0 amide bonds. The molecule has 2 rings (SSSR count). The number of hydrogen-bond acceptors (Lipinski definition) is 2. The number of aliphatic hydroxyl groups excluding tert-OH is 2. The van der Waals surface area contributed by atoms with E-state index in [1.54, 1.807) is 12.2 Å². The predicted molar refractivity (Wildman–Crippen MR) is 71.9 cm³/mol. The van der Waals surface area contributed by atoms with Crippen LogP contribution in [0, 0.1) is 0 Å².